The van der Waals surface area contributed by atoms with E-state index in [1.807, 2.05) is 23.9 Å². The van der Waals surface area contributed by atoms with E-state index in [1.165, 1.54) is 30.6 Å². The highest BCUT2D eigenvalue weighted by Crippen LogP contribution is 2.17. The number of rotatable bonds is 9. The van der Waals surface area contributed by atoms with Crippen LogP contribution in [0.4, 0.5) is 0 Å². The average Bonchev–Trinajstić information content (AvgIpc) is 2.42. The lowest BCUT2D eigenvalue weighted by atomic mass is 10.1. The molecule has 0 spiro atoms. The van der Waals surface area contributed by atoms with Crippen molar-refractivity contribution in [1.82, 2.24) is 5.32 Å². The molecule has 1 unspecified atom stereocenters. The van der Waals surface area contributed by atoms with E-state index in [2.05, 4.69) is 30.6 Å². The molecule has 1 rings (SSSR count). The first-order valence-corrected chi connectivity index (χ1v) is 8.03. The van der Waals surface area contributed by atoms with E-state index in [1.54, 1.807) is 7.11 Å². The van der Waals surface area contributed by atoms with Gasteiger partial charge in [0.1, 0.15) is 5.75 Å². The molecule has 2 nitrogen and oxygen atoms in total. The molecule has 1 N–H and O–H groups in total. The molecule has 18 heavy (non-hydrogen) atoms. The van der Waals surface area contributed by atoms with Crippen LogP contribution in [0, 0.1) is 0 Å². The van der Waals surface area contributed by atoms with E-state index in [-0.39, 0.29) is 0 Å². The zero-order valence-corrected chi connectivity index (χ0v) is 12.6. The molecule has 0 aliphatic carbocycles. The molecule has 0 fully saturated rings. The Balaban J connectivity index is 2.21. The second-order valence-electron chi connectivity index (χ2n) is 4.50. The fourth-order valence-corrected chi connectivity index (χ4v) is 2.37. The van der Waals surface area contributed by atoms with Gasteiger partial charge in [-0.05, 0) is 56.0 Å². The highest BCUT2D eigenvalue weighted by atomic mass is 32.2. The van der Waals surface area contributed by atoms with Crippen LogP contribution in [0.5, 0.6) is 5.75 Å². The molecule has 3 heteroatoms. The summed E-state index contributed by atoms with van der Waals surface area (Å²) in [5, 5.41) is 3.57. The Hall–Kier alpha value is -0.670. The Morgan fingerprint density at radius 2 is 1.89 bits per heavy atom. The zero-order chi connectivity index (χ0) is 13.2. The molecule has 1 aromatic carbocycles. The van der Waals surface area contributed by atoms with E-state index in [9.17, 15) is 0 Å². The lowest BCUT2D eigenvalue weighted by Gasteiger charge is -2.14. The Bertz CT molecular complexity index is 313. The van der Waals surface area contributed by atoms with Crippen LogP contribution in [0.1, 0.15) is 37.8 Å². The summed E-state index contributed by atoms with van der Waals surface area (Å²) < 4.78 is 5.16. The third kappa shape index (κ3) is 5.78. The maximum absolute atomic E-state index is 5.16. The Labute approximate surface area is 116 Å². The van der Waals surface area contributed by atoms with Gasteiger partial charge in [0.2, 0.25) is 0 Å². The van der Waals surface area contributed by atoms with Crippen LogP contribution in [0.15, 0.2) is 24.3 Å². The number of methoxy groups -OCH3 is 1. The first-order chi connectivity index (χ1) is 8.77. The van der Waals surface area contributed by atoms with Crippen LogP contribution in [0.2, 0.25) is 0 Å². The van der Waals surface area contributed by atoms with Crippen molar-refractivity contribution in [2.24, 2.45) is 0 Å². The van der Waals surface area contributed by atoms with Crippen LogP contribution >= 0.6 is 11.8 Å². The van der Waals surface area contributed by atoms with E-state index in [4.69, 9.17) is 4.74 Å². The maximum atomic E-state index is 5.16. The maximum Gasteiger partial charge on any atom is 0.118 e. The molecule has 0 heterocycles. The molecule has 1 aromatic rings. The molecule has 0 aliphatic rings. The van der Waals surface area contributed by atoms with Crippen molar-refractivity contribution in [2.75, 3.05) is 25.7 Å². The van der Waals surface area contributed by atoms with Crippen molar-refractivity contribution in [3.8, 4) is 5.75 Å². The van der Waals surface area contributed by atoms with Crippen molar-refractivity contribution in [3.63, 3.8) is 0 Å². The van der Waals surface area contributed by atoms with Crippen molar-refractivity contribution in [3.05, 3.63) is 29.8 Å². The first kappa shape index (κ1) is 15.4. The molecular formula is C15H25NOS. The standard InChI is InChI=1S/C15H25NOS/c1-13(16-11-5-4-6-12-18-3)14-7-9-15(17-2)10-8-14/h7-10,13,16H,4-6,11-12H2,1-3H3. The number of unbranched alkanes of at least 4 members (excludes halogenated alkanes) is 2. The lowest BCUT2D eigenvalue weighted by molar-refractivity contribution is 0.414. The fourth-order valence-electron chi connectivity index (χ4n) is 1.88. The highest BCUT2D eigenvalue weighted by Gasteiger charge is 2.04. The minimum absolute atomic E-state index is 0.413. The van der Waals surface area contributed by atoms with Gasteiger partial charge in [-0.3, -0.25) is 0 Å². The third-order valence-electron chi connectivity index (χ3n) is 3.09. The quantitative estimate of drug-likeness (QED) is 0.686. The van der Waals surface area contributed by atoms with Gasteiger partial charge in [0.05, 0.1) is 7.11 Å². The molecule has 0 saturated heterocycles. The van der Waals surface area contributed by atoms with Gasteiger partial charge in [-0.25, -0.2) is 0 Å². The van der Waals surface area contributed by atoms with E-state index >= 15 is 0 Å². The molecule has 0 bridgehead atoms. The molecular weight excluding hydrogens is 242 g/mol. The van der Waals surface area contributed by atoms with Gasteiger partial charge >= 0.3 is 0 Å². The van der Waals surface area contributed by atoms with E-state index in [0.29, 0.717) is 6.04 Å². The van der Waals surface area contributed by atoms with Crippen LogP contribution < -0.4 is 10.1 Å². The molecule has 0 aromatic heterocycles. The second-order valence-corrected chi connectivity index (χ2v) is 5.49. The van der Waals surface area contributed by atoms with Crippen LogP contribution in [0.3, 0.4) is 0 Å². The molecule has 0 aliphatic heterocycles. The summed E-state index contributed by atoms with van der Waals surface area (Å²) >= 11 is 1.93. The van der Waals surface area contributed by atoms with Crippen molar-refractivity contribution in [1.29, 1.82) is 0 Å². The van der Waals surface area contributed by atoms with Crippen molar-refractivity contribution < 1.29 is 4.74 Å². The first-order valence-electron chi connectivity index (χ1n) is 6.64. The number of hydrogen-bond donors (Lipinski definition) is 1. The summed E-state index contributed by atoms with van der Waals surface area (Å²) in [5.74, 6) is 2.21. The number of thioether (sulfide) groups is 1. The molecule has 1 atom stereocenters. The lowest BCUT2D eigenvalue weighted by Crippen LogP contribution is -2.19. The summed E-state index contributed by atoms with van der Waals surface area (Å²) in [4.78, 5) is 0. The average molecular weight is 267 g/mol. The second kappa shape index (κ2) is 9.29. The fraction of sp³-hybridized carbons (Fsp3) is 0.600. The summed E-state index contributed by atoms with van der Waals surface area (Å²) in [6, 6.07) is 8.71. The zero-order valence-electron chi connectivity index (χ0n) is 11.7. The van der Waals surface area contributed by atoms with Gasteiger partial charge in [-0.2, -0.15) is 11.8 Å². The molecule has 0 saturated carbocycles. The Morgan fingerprint density at radius 1 is 1.17 bits per heavy atom. The van der Waals surface area contributed by atoms with Gasteiger partial charge in [0.25, 0.3) is 0 Å². The van der Waals surface area contributed by atoms with Gasteiger partial charge in [0, 0.05) is 6.04 Å². The number of hydrogen-bond acceptors (Lipinski definition) is 3. The SMILES string of the molecule is COc1ccc(C(C)NCCCCCSC)cc1. The summed E-state index contributed by atoms with van der Waals surface area (Å²) in [7, 11) is 1.70. The third-order valence-corrected chi connectivity index (χ3v) is 3.79. The Morgan fingerprint density at radius 3 is 2.50 bits per heavy atom. The predicted octanol–water partition coefficient (Wildman–Crippen LogP) is 3.88. The minimum Gasteiger partial charge on any atom is -0.497 e. The normalized spacial score (nSPS) is 12.4. The van der Waals surface area contributed by atoms with Gasteiger partial charge in [-0.15, -0.1) is 0 Å². The van der Waals surface area contributed by atoms with Gasteiger partial charge in [-0.1, -0.05) is 18.6 Å². The largest absolute Gasteiger partial charge is 0.497 e. The van der Waals surface area contributed by atoms with Crippen molar-refractivity contribution in [2.45, 2.75) is 32.2 Å². The van der Waals surface area contributed by atoms with Crippen LogP contribution in [-0.4, -0.2) is 25.7 Å². The Kier molecular flexibility index (Phi) is 7.94. The molecule has 0 amide bonds. The van der Waals surface area contributed by atoms with Crippen LogP contribution in [-0.2, 0) is 0 Å². The monoisotopic (exact) mass is 267 g/mol. The molecule has 0 radical (unpaired) electrons. The van der Waals surface area contributed by atoms with E-state index in [0.717, 1.165) is 12.3 Å². The van der Waals surface area contributed by atoms with Crippen LogP contribution in [0.25, 0.3) is 0 Å². The van der Waals surface area contributed by atoms with Gasteiger partial charge in [0.15, 0.2) is 0 Å². The van der Waals surface area contributed by atoms with E-state index < -0.39 is 0 Å². The number of benzene rings is 1. The molecule has 102 valence electrons. The smallest absolute Gasteiger partial charge is 0.118 e. The number of ether oxygens (including phenoxy) is 1. The minimum atomic E-state index is 0.413. The summed E-state index contributed by atoms with van der Waals surface area (Å²) in [6.45, 7) is 3.31. The summed E-state index contributed by atoms with van der Waals surface area (Å²) in [5.41, 5.74) is 1.32. The topological polar surface area (TPSA) is 21.3 Å². The van der Waals surface area contributed by atoms with Gasteiger partial charge < -0.3 is 10.1 Å². The summed E-state index contributed by atoms with van der Waals surface area (Å²) in [6.07, 6.45) is 6.09. The number of nitrogens with one attached hydrogen (secondary N) is 1. The van der Waals surface area contributed by atoms with Crippen molar-refractivity contribution >= 4 is 11.8 Å². The highest BCUT2D eigenvalue weighted by molar-refractivity contribution is 7.98. The predicted molar refractivity (Wildman–Crippen MR) is 81.6 cm³/mol.